The van der Waals surface area contributed by atoms with Crippen LogP contribution < -0.4 is 15.8 Å². The van der Waals surface area contributed by atoms with Gasteiger partial charge in [-0.1, -0.05) is 42.5 Å². The van der Waals surface area contributed by atoms with E-state index in [1.165, 1.54) is 18.2 Å². The van der Waals surface area contributed by atoms with Gasteiger partial charge in [0, 0.05) is 12.5 Å². The first-order valence-electron chi connectivity index (χ1n) is 8.39. The highest BCUT2D eigenvalue weighted by Gasteiger charge is 2.32. The van der Waals surface area contributed by atoms with Gasteiger partial charge in [0.15, 0.2) is 11.7 Å². The van der Waals surface area contributed by atoms with E-state index in [4.69, 9.17) is 5.73 Å². The number of rotatable bonds is 7. The summed E-state index contributed by atoms with van der Waals surface area (Å²) in [5, 5.41) is 12.3. The molecule has 0 aliphatic rings. The Morgan fingerprint density at radius 1 is 1.14 bits per heavy atom. The van der Waals surface area contributed by atoms with Gasteiger partial charge in [0.05, 0.1) is 11.8 Å². The molecule has 2 aromatic carbocycles. The van der Waals surface area contributed by atoms with Crippen molar-refractivity contribution in [3.63, 3.8) is 0 Å². The molecule has 2 unspecified atom stereocenters. The van der Waals surface area contributed by atoms with E-state index in [2.05, 4.69) is 15.0 Å². The lowest BCUT2D eigenvalue weighted by Crippen LogP contribution is -2.25. The van der Waals surface area contributed by atoms with Gasteiger partial charge >= 0.3 is 6.36 Å². The molecule has 9 heteroatoms. The minimum atomic E-state index is -4.81. The van der Waals surface area contributed by atoms with Crippen LogP contribution in [0.5, 0.6) is 5.75 Å². The highest BCUT2D eigenvalue weighted by Crippen LogP contribution is 2.29. The van der Waals surface area contributed by atoms with Crippen LogP contribution in [0.25, 0.3) is 0 Å². The number of benzene rings is 2. The lowest BCUT2D eigenvalue weighted by atomic mass is 9.93. The number of aliphatic imine (C=N–C) groups is 1. The number of aliphatic hydroxyl groups is 1. The number of nitrogens with zero attached hydrogens (tertiary/aromatic N) is 1. The van der Waals surface area contributed by atoms with Gasteiger partial charge in [-0.25, -0.2) is 0 Å². The normalized spacial score (nSPS) is 14.0. The molecular weight excluding hydrogens is 486 g/mol. The van der Waals surface area contributed by atoms with Crippen molar-refractivity contribution in [1.82, 2.24) is 0 Å². The molecule has 0 fully saturated rings. The van der Waals surface area contributed by atoms with Crippen molar-refractivity contribution in [2.75, 3.05) is 11.9 Å². The van der Waals surface area contributed by atoms with Crippen LogP contribution in [0, 0.1) is 0 Å². The third-order valence-electron chi connectivity index (χ3n) is 3.75. The van der Waals surface area contributed by atoms with E-state index in [1.807, 2.05) is 30.3 Å². The zero-order valence-corrected chi connectivity index (χ0v) is 17.5. The van der Waals surface area contributed by atoms with E-state index in [0.717, 1.165) is 5.56 Å². The van der Waals surface area contributed by atoms with E-state index in [1.54, 1.807) is 13.0 Å². The third kappa shape index (κ3) is 8.34. The molecule has 4 N–H and O–H groups in total. The highest BCUT2D eigenvalue weighted by atomic mass is 127. The lowest BCUT2D eigenvalue weighted by molar-refractivity contribution is -0.274. The first kappa shape index (κ1) is 24.0. The van der Waals surface area contributed by atoms with Crippen molar-refractivity contribution in [3.8, 4) is 5.75 Å². The molecule has 0 aliphatic heterocycles. The number of nitrogens with one attached hydrogen (secondary N) is 1. The number of guanidine groups is 1. The van der Waals surface area contributed by atoms with Crippen molar-refractivity contribution in [2.24, 2.45) is 10.7 Å². The van der Waals surface area contributed by atoms with Gasteiger partial charge in [0.1, 0.15) is 0 Å². The molecule has 0 radical (unpaired) electrons. The zero-order chi connectivity index (χ0) is 19.9. The summed E-state index contributed by atoms with van der Waals surface area (Å²) < 4.78 is 41.4. The summed E-state index contributed by atoms with van der Waals surface area (Å²) in [6.07, 6.45) is -4.85. The molecule has 0 aliphatic carbocycles. The molecule has 0 heterocycles. The fourth-order valence-corrected chi connectivity index (χ4v) is 2.62. The fourth-order valence-electron chi connectivity index (χ4n) is 2.62. The van der Waals surface area contributed by atoms with Gasteiger partial charge in [-0.15, -0.1) is 37.1 Å². The molecule has 154 valence electrons. The second-order valence-electron chi connectivity index (χ2n) is 6.09. The summed E-state index contributed by atoms with van der Waals surface area (Å²) in [6.45, 7) is 1.96. The highest BCUT2D eigenvalue weighted by molar-refractivity contribution is 14.0. The van der Waals surface area contributed by atoms with Gasteiger partial charge in [0.2, 0.25) is 0 Å². The number of nitrogens with two attached hydrogens (primary N) is 1. The molecule has 5 nitrogen and oxygen atoms in total. The Morgan fingerprint density at radius 3 is 2.36 bits per heavy atom. The molecule has 0 bridgehead atoms. The molecule has 0 amide bonds. The summed E-state index contributed by atoms with van der Waals surface area (Å²) in [5.74, 6) is -0.514. The van der Waals surface area contributed by atoms with E-state index in [0.29, 0.717) is 6.42 Å². The Labute approximate surface area is 178 Å². The second kappa shape index (κ2) is 11.1. The maximum absolute atomic E-state index is 12.5. The maximum Gasteiger partial charge on any atom is 0.573 e. The fraction of sp³-hybridized carbons (Fsp3) is 0.316. The van der Waals surface area contributed by atoms with E-state index < -0.39 is 18.2 Å². The maximum atomic E-state index is 12.5. The molecule has 28 heavy (non-hydrogen) atoms. The molecule has 0 spiro atoms. The number of anilines is 1. The Morgan fingerprint density at radius 2 is 1.75 bits per heavy atom. The molecule has 0 saturated carbocycles. The van der Waals surface area contributed by atoms with Gasteiger partial charge in [0.25, 0.3) is 0 Å². The molecule has 0 saturated heterocycles. The lowest BCUT2D eigenvalue weighted by Gasteiger charge is -2.18. The van der Waals surface area contributed by atoms with Crippen LogP contribution >= 0.6 is 24.0 Å². The van der Waals surface area contributed by atoms with Crippen LogP contribution in [0.2, 0.25) is 0 Å². The number of halogens is 4. The minimum Gasteiger partial charge on any atom is -0.404 e. The van der Waals surface area contributed by atoms with Crippen LogP contribution in [-0.4, -0.2) is 30.1 Å². The molecule has 2 atom stereocenters. The standard InChI is InChI=1S/C19H22F3N3O2.HI/c1-13(26)11-15(14-7-3-2-4-8-14)12-24-18(23)25-16-9-5-6-10-17(16)27-19(20,21)22;/h2-10,13,15,26H,11-12H2,1H3,(H3,23,24,25);1H. The van der Waals surface area contributed by atoms with Gasteiger partial charge < -0.3 is 20.9 Å². The molecule has 2 aromatic rings. The first-order valence-corrected chi connectivity index (χ1v) is 8.39. The van der Waals surface area contributed by atoms with Crippen LogP contribution in [0.1, 0.15) is 24.8 Å². The number of hydrogen-bond acceptors (Lipinski definition) is 3. The van der Waals surface area contributed by atoms with Crippen LogP contribution in [0.15, 0.2) is 59.6 Å². The smallest absolute Gasteiger partial charge is 0.404 e. The average molecular weight is 509 g/mol. The van der Waals surface area contributed by atoms with Gasteiger partial charge in [-0.3, -0.25) is 4.99 Å². The summed E-state index contributed by atoms with van der Waals surface area (Å²) in [4.78, 5) is 4.22. The van der Waals surface area contributed by atoms with Gasteiger partial charge in [-0.05, 0) is 31.0 Å². The molecule has 0 aromatic heterocycles. The van der Waals surface area contributed by atoms with Crippen LogP contribution in [0.4, 0.5) is 18.9 Å². The quantitative estimate of drug-likeness (QED) is 0.292. The summed E-state index contributed by atoms with van der Waals surface area (Å²) in [6, 6.07) is 15.1. The number of alkyl halides is 3. The number of ether oxygens (including phenoxy) is 1. The average Bonchev–Trinajstić information content (AvgIpc) is 2.59. The summed E-state index contributed by atoms with van der Waals surface area (Å²) in [5.41, 5.74) is 6.89. The van der Waals surface area contributed by atoms with Gasteiger partial charge in [-0.2, -0.15) is 0 Å². The number of aliphatic hydroxyl groups excluding tert-OH is 1. The second-order valence-corrected chi connectivity index (χ2v) is 6.09. The van der Waals surface area contributed by atoms with E-state index in [-0.39, 0.29) is 48.1 Å². The number of hydrogen-bond donors (Lipinski definition) is 3. The van der Waals surface area contributed by atoms with Crippen LogP contribution in [-0.2, 0) is 0 Å². The third-order valence-corrected chi connectivity index (χ3v) is 3.75. The monoisotopic (exact) mass is 509 g/mol. The largest absolute Gasteiger partial charge is 0.573 e. The van der Waals surface area contributed by atoms with Crippen molar-refractivity contribution in [2.45, 2.75) is 31.7 Å². The first-order chi connectivity index (χ1) is 12.7. The van der Waals surface area contributed by atoms with Crippen molar-refractivity contribution < 1.29 is 23.0 Å². The Bertz CT molecular complexity index is 756. The minimum absolute atomic E-state index is 0. The summed E-state index contributed by atoms with van der Waals surface area (Å²) >= 11 is 0. The predicted octanol–water partition coefficient (Wildman–Crippen LogP) is 4.48. The zero-order valence-electron chi connectivity index (χ0n) is 15.2. The topological polar surface area (TPSA) is 79.9 Å². The number of para-hydroxylation sites is 2. The predicted molar refractivity (Wildman–Crippen MR) is 114 cm³/mol. The Hall–Kier alpha value is -2.01. The van der Waals surface area contributed by atoms with E-state index in [9.17, 15) is 18.3 Å². The molecule has 2 rings (SSSR count). The van der Waals surface area contributed by atoms with Crippen molar-refractivity contribution in [1.29, 1.82) is 0 Å². The summed E-state index contributed by atoms with van der Waals surface area (Å²) in [7, 11) is 0. The molecular formula is C19H23F3IN3O2. The van der Waals surface area contributed by atoms with Crippen molar-refractivity contribution >= 4 is 35.6 Å². The Kier molecular flexibility index (Phi) is 9.53. The van der Waals surface area contributed by atoms with Crippen LogP contribution in [0.3, 0.4) is 0 Å². The SMILES string of the molecule is CC(O)CC(CN=C(N)Nc1ccccc1OC(F)(F)F)c1ccccc1.I. The Balaban J connectivity index is 0.00000392. The van der Waals surface area contributed by atoms with E-state index >= 15 is 0 Å². The van der Waals surface area contributed by atoms with Crippen molar-refractivity contribution in [3.05, 3.63) is 60.2 Å².